The zero-order valence-corrected chi connectivity index (χ0v) is 13.6. The molecular weight excluding hydrogens is 264 g/mol. The van der Waals surface area contributed by atoms with Gasteiger partial charge in [-0.15, -0.1) is 0 Å². The van der Waals surface area contributed by atoms with Gasteiger partial charge in [-0.2, -0.15) is 0 Å². The van der Waals surface area contributed by atoms with E-state index in [9.17, 15) is 4.79 Å². The van der Waals surface area contributed by atoms with E-state index in [1.54, 1.807) is 14.2 Å². The topological polar surface area (TPSA) is 68.8 Å². The number of nitrogens with one attached hydrogen (secondary N) is 2. The van der Waals surface area contributed by atoms with Gasteiger partial charge in [-0.25, -0.2) is 4.79 Å². The van der Waals surface area contributed by atoms with Crippen LogP contribution < -0.4 is 10.6 Å². The molecule has 0 aromatic heterocycles. The van der Waals surface area contributed by atoms with E-state index in [4.69, 9.17) is 13.3 Å². The summed E-state index contributed by atoms with van der Waals surface area (Å²) in [5.74, 6) is 0. The molecule has 2 N–H and O–H groups in total. The predicted molar refractivity (Wildman–Crippen MR) is 76.9 cm³/mol. The molecule has 0 radical (unpaired) electrons. The largest absolute Gasteiger partial charge is 0.501 e. The molecule has 0 fully saturated rings. The van der Waals surface area contributed by atoms with Crippen LogP contribution in [0.2, 0.25) is 6.04 Å². The van der Waals surface area contributed by atoms with Crippen molar-refractivity contribution in [3.8, 4) is 0 Å². The number of unbranched alkanes of at least 4 members (excludes halogenated alkanes) is 2. The zero-order valence-electron chi connectivity index (χ0n) is 12.6. The Balaban J connectivity index is 3.82. The maximum absolute atomic E-state index is 11.5. The van der Waals surface area contributed by atoms with Crippen molar-refractivity contribution < 1.29 is 18.1 Å². The van der Waals surface area contributed by atoms with Crippen LogP contribution in [0.4, 0.5) is 4.79 Å². The summed E-state index contributed by atoms with van der Waals surface area (Å²) in [6.45, 7) is 4.96. The average Bonchev–Trinajstić information content (AvgIpc) is 2.42. The number of amides is 2. The Morgan fingerprint density at radius 3 is 2.26 bits per heavy atom. The normalized spacial score (nSPS) is 11.4. The third-order valence-electron chi connectivity index (χ3n) is 2.77. The van der Waals surface area contributed by atoms with Crippen LogP contribution in [-0.4, -0.2) is 42.3 Å². The van der Waals surface area contributed by atoms with Crippen LogP contribution in [0.3, 0.4) is 0 Å². The first-order valence-electron chi connectivity index (χ1n) is 6.90. The summed E-state index contributed by atoms with van der Waals surface area (Å²) in [4.78, 5) is 11.5. The third kappa shape index (κ3) is 8.20. The van der Waals surface area contributed by atoms with Crippen molar-refractivity contribution in [3.63, 3.8) is 0 Å². The summed E-state index contributed by atoms with van der Waals surface area (Å²) in [6, 6.07) is 0.516. The smallest absolute Gasteiger partial charge is 0.377 e. The second-order valence-corrected chi connectivity index (χ2v) is 7.24. The van der Waals surface area contributed by atoms with E-state index in [1.165, 1.54) is 0 Å². The van der Waals surface area contributed by atoms with Gasteiger partial charge in [0.2, 0.25) is 0 Å². The highest BCUT2D eigenvalue weighted by Gasteiger charge is 2.37. The second kappa shape index (κ2) is 11.2. The quantitative estimate of drug-likeness (QED) is 0.347. The highest BCUT2D eigenvalue weighted by Crippen LogP contribution is 2.14. The number of hydrogen-bond acceptors (Lipinski definition) is 4. The summed E-state index contributed by atoms with van der Waals surface area (Å²) in [5, 5.41) is 5.42. The molecule has 114 valence electrons. The fourth-order valence-corrected chi connectivity index (χ4v) is 3.49. The Bertz CT molecular complexity index is 238. The summed E-state index contributed by atoms with van der Waals surface area (Å²) in [5.41, 5.74) is 0. The maximum atomic E-state index is 11.5. The van der Waals surface area contributed by atoms with Crippen molar-refractivity contribution in [2.24, 2.45) is 0 Å². The van der Waals surface area contributed by atoms with Gasteiger partial charge in [-0.1, -0.05) is 33.1 Å². The van der Waals surface area contributed by atoms with E-state index in [2.05, 4.69) is 17.6 Å². The van der Waals surface area contributed by atoms with Crippen molar-refractivity contribution in [3.05, 3.63) is 0 Å². The molecule has 7 heteroatoms. The van der Waals surface area contributed by atoms with Crippen LogP contribution in [-0.2, 0) is 13.3 Å². The van der Waals surface area contributed by atoms with Gasteiger partial charge in [0, 0.05) is 26.8 Å². The molecule has 0 saturated carbocycles. The van der Waals surface area contributed by atoms with Crippen molar-refractivity contribution in [2.75, 3.05) is 27.5 Å². The Hall–Kier alpha value is -0.633. The molecule has 19 heavy (non-hydrogen) atoms. The summed E-state index contributed by atoms with van der Waals surface area (Å²) in [6.07, 6.45) is 4.17. The zero-order chi connectivity index (χ0) is 14.6. The number of carbonyl (C=O) groups excluding carboxylic acids is 1. The van der Waals surface area contributed by atoms with Crippen molar-refractivity contribution in [1.82, 2.24) is 10.6 Å². The monoisotopic (exact) mass is 292 g/mol. The van der Waals surface area contributed by atoms with E-state index in [0.29, 0.717) is 6.54 Å². The minimum absolute atomic E-state index is 0.105. The summed E-state index contributed by atoms with van der Waals surface area (Å²) >= 11 is 0. The van der Waals surface area contributed by atoms with Crippen LogP contribution in [0, 0.1) is 0 Å². The molecule has 0 aromatic carbocycles. The standard InChI is InChI=1S/C12H28N2O4Si/c1-5-7-8-9-13-12(15)14-11-18-19(16-3,17-4)10-6-2/h5-11H2,1-4H3,(H2,13,14,15). The highest BCUT2D eigenvalue weighted by atomic mass is 28.4. The Labute approximate surface area is 117 Å². The molecule has 0 heterocycles. The predicted octanol–water partition coefficient (Wildman–Crippen LogP) is 2.09. The van der Waals surface area contributed by atoms with Crippen LogP contribution in [0.15, 0.2) is 0 Å². The van der Waals surface area contributed by atoms with Gasteiger partial charge in [-0.05, 0) is 6.42 Å². The second-order valence-electron chi connectivity index (χ2n) is 4.27. The molecule has 6 nitrogen and oxygen atoms in total. The molecule has 2 amide bonds. The average molecular weight is 292 g/mol. The van der Waals surface area contributed by atoms with E-state index in [1.807, 2.05) is 6.92 Å². The molecule has 0 aliphatic carbocycles. The van der Waals surface area contributed by atoms with Gasteiger partial charge in [0.25, 0.3) is 0 Å². The Kier molecular flexibility index (Phi) is 10.8. The summed E-state index contributed by atoms with van der Waals surface area (Å²) < 4.78 is 16.3. The van der Waals surface area contributed by atoms with Gasteiger partial charge in [0.1, 0.15) is 6.73 Å². The molecule has 0 aromatic rings. The number of hydrogen-bond donors (Lipinski definition) is 2. The van der Waals surface area contributed by atoms with Crippen LogP contribution in [0.1, 0.15) is 39.5 Å². The lowest BCUT2D eigenvalue weighted by atomic mass is 10.2. The van der Waals surface area contributed by atoms with Crippen LogP contribution in [0.25, 0.3) is 0 Å². The van der Waals surface area contributed by atoms with E-state index in [-0.39, 0.29) is 12.8 Å². The highest BCUT2D eigenvalue weighted by molar-refractivity contribution is 6.60. The van der Waals surface area contributed by atoms with E-state index >= 15 is 0 Å². The molecule has 0 aliphatic rings. The molecule has 0 aliphatic heterocycles. The lowest BCUT2D eigenvalue weighted by Gasteiger charge is -2.26. The SMILES string of the molecule is CCCCCNC(=O)NCO[Si](CCC)(OC)OC. The number of rotatable bonds is 11. The first kappa shape index (κ1) is 18.4. The van der Waals surface area contributed by atoms with E-state index < -0.39 is 8.80 Å². The fraction of sp³-hybridized carbons (Fsp3) is 0.917. The maximum Gasteiger partial charge on any atom is 0.501 e. The number of carbonyl (C=O) groups is 1. The van der Waals surface area contributed by atoms with Gasteiger partial charge in [-0.3, -0.25) is 0 Å². The third-order valence-corrected chi connectivity index (χ3v) is 5.71. The van der Waals surface area contributed by atoms with Gasteiger partial charge in [0.05, 0.1) is 0 Å². The van der Waals surface area contributed by atoms with Crippen molar-refractivity contribution in [2.45, 2.75) is 45.6 Å². The lowest BCUT2D eigenvalue weighted by molar-refractivity contribution is 0.0924. The molecule has 0 unspecified atom stereocenters. The summed E-state index contributed by atoms with van der Waals surface area (Å²) in [7, 11) is 0.562. The van der Waals surface area contributed by atoms with Crippen LogP contribution >= 0.6 is 0 Å². The first-order chi connectivity index (χ1) is 9.14. The van der Waals surface area contributed by atoms with Crippen molar-refractivity contribution in [1.29, 1.82) is 0 Å². The number of urea groups is 1. The molecule has 0 spiro atoms. The van der Waals surface area contributed by atoms with Crippen molar-refractivity contribution >= 4 is 14.8 Å². The first-order valence-corrected chi connectivity index (χ1v) is 8.83. The Morgan fingerprint density at radius 1 is 1.05 bits per heavy atom. The fourth-order valence-electron chi connectivity index (χ4n) is 1.63. The molecule has 0 atom stereocenters. The minimum atomic E-state index is -2.60. The Morgan fingerprint density at radius 2 is 1.74 bits per heavy atom. The van der Waals surface area contributed by atoms with Gasteiger partial charge >= 0.3 is 14.8 Å². The van der Waals surface area contributed by atoms with Crippen LogP contribution in [0.5, 0.6) is 0 Å². The minimum Gasteiger partial charge on any atom is -0.377 e. The molecule has 0 bridgehead atoms. The molecule has 0 rings (SSSR count). The lowest BCUT2D eigenvalue weighted by Crippen LogP contribution is -2.47. The van der Waals surface area contributed by atoms with E-state index in [0.717, 1.165) is 31.7 Å². The molecular formula is C12H28N2O4Si. The van der Waals surface area contributed by atoms with Gasteiger partial charge in [0.15, 0.2) is 0 Å². The van der Waals surface area contributed by atoms with Gasteiger partial charge < -0.3 is 23.9 Å². The molecule has 0 saturated heterocycles.